The number of nitrogens with one attached hydrogen (secondary N) is 4. The number of alkyl halides is 6. The van der Waals surface area contributed by atoms with Gasteiger partial charge in [0.1, 0.15) is 0 Å². The van der Waals surface area contributed by atoms with Gasteiger partial charge in [0, 0.05) is 37.3 Å². The molecule has 0 unspecified atom stereocenters. The molecule has 2 aliphatic heterocycles. The third-order valence-electron chi connectivity index (χ3n) is 9.12. The maximum atomic E-state index is 12.8. The van der Waals surface area contributed by atoms with E-state index in [1.165, 1.54) is 40.2 Å². The second-order valence-corrected chi connectivity index (χ2v) is 19.3. The number of anilines is 2. The van der Waals surface area contributed by atoms with Gasteiger partial charge in [-0.1, -0.05) is 0 Å². The fourth-order valence-electron chi connectivity index (χ4n) is 6.04. The number of halogens is 6. The molecule has 360 valence electrons. The number of aliphatic carboxylic acids is 2. The summed E-state index contributed by atoms with van der Waals surface area (Å²) in [7, 11) is -4.47. The number of hydrogen-bond acceptors (Lipinski definition) is 14. The highest BCUT2D eigenvalue weighted by Crippen LogP contribution is 2.38. The Kier molecular flexibility index (Phi) is 20.9. The number of sulfone groups is 2. The summed E-state index contributed by atoms with van der Waals surface area (Å²) in [6, 6.07) is 8.37. The van der Waals surface area contributed by atoms with Crippen molar-refractivity contribution >= 4 is 66.7 Å². The second kappa shape index (κ2) is 23.5. The van der Waals surface area contributed by atoms with E-state index in [4.69, 9.17) is 29.3 Å². The zero-order chi connectivity index (χ0) is 49.7. The molecule has 6 N–H and O–H groups in total. The minimum atomic E-state index is -5.08. The predicted molar refractivity (Wildman–Crippen MR) is 215 cm³/mol. The van der Waals surface area contributed by atoms with Gasteiger partial charge < -0.3 is 41.0 Å². The molecule has 2 aromatic rings. The van der Waals surface area contributed by atoms with Crippen molar-refractivity contribution in [1.82, 2.24) is 10.6 Å². The monoisotopic (exact) mass is 964 g/mol. The zero-order valence-electron chi connectivity index (χ0n) is 35.6. The van der Waals surface area contributed by atoms with Gasteiger partial charge in [-0.05, 0) is 101 Å². The SMILES string of the molecule is COC(=O)[C@@H]1CCN[C@@H]1c1cc(NC(C)=O)ccc1S(=O)(=O)C(C)C.COC(=O)[C@@H]1CCN[C@H]1c1cc(NC(C)=O)ccc1S(=O)(=O)C(C)C.O=C(O)C(F)(F)F.O=C(O)C(F)(F)F. The molecular weight excluding hydrogens is 915 g/mol. The number of ether oxygens (including phenoxy) is 2. The van der Waals surface area contributed by atoms with E-state index in [0.717, 1.165) is 0 Å². The smallest absolute Gasteiger partial charge is 0.475 e. The van der Waals surface area contributed by atoms with Gasteiger partial charge in [-0.15, -0.1) is 0 Å². The van der Waals surface area contributed by atoms with Crippen molar-refractivity contribution in [3.8, 4) is 0 Å². The van der Waals surface area contributed by atoms with Crippen molar-refractivity contribution in [3.05, 3.63) is 47.5 Å². The highest BCUT2D eigenvalue weighted by Gasteiger charge is 2.41. The second-order valence-electron chi connectivity index (χ2n) is 14.4. The minimum Gasteiger partial charge on any atom is -0.475 e. The Morgan fingerprint density at radius 1 is 0.625 bits per heavy atom. The largest absolute Gasteiger partial charge is 0.490 e. The van der Waals surface area contributed by atoms with Crippen LogP contribution in [0.4, 0.5) is 37.7 Å². The lowest BCUT2D eigenvalue weighted by Gasteiger charge is -2.23. The molecule has 0 radical (unpaired) electrons. The molecule has 2 aliphatic rings. The third-order valence-corrected chi connectivity index (χ3v) is 13.6. The average molecular weight is 965 g/mol. The molecule has 18 nitrogen and oxygen atoms in total. The highest BCUT2D eigenvalue weighted by molar-refractivity contribution is 7.92. The van der Waals surface area contributed by atoms with Crippen molar-refractivity contribution < 1.29 is 91.6 Å². The Balaban J connectivity index is 0.000000494. The lowest BCUT2D eigenvalue weighted by molar-refractivity contribution is -0.193. The van der Waals surface area contributed by atoms with Crippen LogP contribution in [0.5, 0.6) is 0 Å². The first kappa shape index (κ1) is 56.7. The Labute approximate surface area is 364 Å². The quantitative estimate of drug-likeness (QED) is 0.141. The molecule has 26 heteroatoms. The van der Waals surface area contributed by atoms with Crippen molar-refractivity contribution in [3.63, 3.8) is 0 Å². The van der Waals surface area contributed by atoms with Crippen LogP contribution in [0.2, 0.25) is 0 Å². The summed E-state index contributed by atoms with van der Waals surface area (Å²) in [5.74, 6) is -7.73. The molecular formula is C38H50F6N4O14S2. The van der Waals surface area contributed by atoms with Crippen LogP contribution in [0.1, 0.15) is 77.6 Å². The standard InChI is InChI=1S/2C17H24N2O5S.2C2HF3O2/c2*1-10(2)25(22,23)15-6-5-12(19-11(3)20)9-14(15)16-13(7-8-18-16)17(21)24-4;2*3-2(4,5)1(6)7/h2*5-6,9-10,13,16,18H,7-8H2,1-4H3,(H,19,20);2*(H,6,7)/t13-,16+;13-,16-;;/m11../s1. The summed E-state index contributed by atoms with van der Waals surface area (Å²) in [6.45, 7) is 10.4. The van der Waals surface area contributed by atoms with Crippen LogP contribution in [0.15, 0.2) is 46.2 Å². The Hall–Kier alpha value is -5.34. The van der Waals surface area contributed by atoms with E-state index in [1.807, 2.05) is 0 Å². The molecule has 2 aromatic carbocycles. The molecule has 0 aliphatic carbocycles. The Bertz CT molecular complexity index is 2080. The van der Waals surface area contributed by atoms with Gasteiger partial charge in [0.2, 0.25) is 11.8 Å². The van der Waals surface area contributed by atoms with E-state index in [9.17, 15) is 62.4 Å². The topological polar surface area (TPSA) is 278 Å². The summed E-state index contributed by atoms with van der Waals surface area (Å²) in [4.78, 5) is 65.0. The maximum Gasteiger partial charge on any atom is 0.490 e. The number of rotatable bonds is 10. The molecule has 2 heterocycles. The van der Waals surface area contributed by atoms with Crippen LogP contribution in [0.25, 0.3) is 0 Å². The van der Waals surface area contributed by atoms with Gasteiger partial charge in [0.05, 0.1) is 46.3 Å². The molecule has 64 heavy (non-hydrogen) atoms. The highest BCUT2D eigenvalue weighted by atomic mass is 32.2. The molecule has 2 saturated heterocycles. The van der Waals surface area contributed by atoms with E-state index in [2.05, 4.69) is 21.3 Å². The number of amides is 2. The number of carbonyl (C=O) groups is 6. The Morgan fingerprint density at radius 3 is 1.12 bits per heavy atom. The van der Waals surface area contributed by atoms with Crippen molar-refractivity contribution in [1.29, 1.82) is 0 Å². The van der Waals surface area contributed by atoms with Crippen molar-refractivity contribution in [2.24, 2.45) is 11.8 Å². The molecule has 0 saturated carbocycles. The lowest BCUT2D eigenvalue weighted by atomic mass is 9.94. The van der Waals surface area contributed by atoms with Gasteiger partial charge in [-0.3, -0.25) is 19.2 Å². The van der Waals surface area contributed by atoms with Crippen molar-refractivity contribution in [2.45, 2.75) is 99.1 Å². The number of carboxylic acids is 2. The molecule has 4 rings (SSSR count). The summed E-state index contributed by atoms with van der Waals surface area (Å²) < 4.78 is 124. The molecule has 4 atom stereocenters. The van der Waals surface area contributed by atoms with E-state index in [0.29, 0.717) is 48.4 Å². The van der Waals surface area contributed by atoms with Crippen LogP contribution in [-0.2, 0) is 57.9 Å². The van der Waals surface area contributed by atoms with Crippen LogP contribution in [0.3, 0.4) is 0 Å². The van der Waals surface area contributed by atoms with Gasteiger partial charge in [-0.25, -0.2) is 26.4 Å². The molecule has 2 amide bonds. The van der Waals surface area contributed by atoms with Gasteiger partial charge in [-0.2, -0.15) is 26.3 Å². The maximum absolute atomic E-state index is 12.8. The van der Waals surface area contributed by atoms with Gasteiger partial charge in [0.25, 0.3) is 0 Å². The fourth-order valence-corrected chi connectivity index (χ4v) is 8.60. The molecule has 0 spiro atoms. The number of hydrogen-bond donors (Lipinski definition) is 6. The minimum absolute atomic E-state index is 0.171. The van der Waals surface area contributed by atoms with E-state index < -0.39 is 78.4 Å². The number of benzene rings is 2. The van der Waals surface area contributed by atoms with Crippen LogP contribution < -0.4 is 21.3 Å². The predicted octanol–water partition coefficient (Wildman–Crippen LogP) is 4.57. The summed E-state index contributed by atoms with van der Waals surface area (Å²) in [6.07, 6.45) is -9.05. The average Bonchev–Trinajstić information content (AvgIpc) is 3.88. The van der Waals surface area contributed by atoms with Gasteiger partial charge in [0.15, 0.2) is 19.7 Å². The first-order valence-corrected chi connectivity index (χ1v) is 21.9. The van der Waals surface area contributed by atoms with Gasteiger partial charge >= 0.3 is 36.2 Å². The Morgan fingerprint density at radius 2 is 0.906 bits per heavy atom. The molecule has 2 fully saturated rings. The van der Waals surface area contributed by atoms with E-state index in [1.54, 1.807) is 52.0 Å². The number of carboxylic acid groups (broad SMARTS) is 2. The third kappa shape index (κ3) is 16.0. The summed E-state index contributed by atoms with van der Waals surface area (Å²) in [5, 5.41) is 24.7. The fraction of sp³-hybridized carbons (Fsp3) is 0.526. The molecule has 0 aromatic heterocycles. The normalized spacial score (nSPS) is 18.5. The van der Waals surface area contributed by atoms with Crippen LogP contribution >= 0.6 is 0 Å². The lowest BCUT2D eigenvalue weighted by Crippen LogP contribution is -2.27. The summed E-state index contributed by atoms with van der Waals surface area (Å²) >= 11 is 0. The van der Waals surface area contributed by atoms with Crippen LogP contribution in [0, 0.1) is 11.8 Å². The van der Waals surface area contributed by atoms with Crippen molar-refractivity contribution in [2.75, 3.05) is 37.9 Å². The first-order chi connectivity index (χ1) is 29.2. The zero-order valence-corrected chi connectivity index (χ0v) is 37.3. The molecule has 0 bridgehead atoms. The number of methoxy groups -OCH3 is 2. The van der Waals surface area contributed by atoms with E-state index in [-0.39, 0.29) is 33.5 Å². The number of carbonyl (C=O) groups excluding carboxylic acids is 4. The summed E-state index contributed by atoms with van der Waals surface area (Å²) in [5.41, 5.74) is 1.94. The first-order valence-electron chi connectivity index (χ1n) is 18.8. The van der Waals surface area contributed by atoms with E-state index >= 15 is 0 Å². The number of esters is 2. The van der Waals surface area contributed by atoms with Crippen LogP contribution in [-0.4, -0.2) is 113 Å².